The van der Waals surface area contributed by atoms with Gasteiger partial charge in [0, 0.05) is 23.9 Å². The van der Waals surface area contributed by atoms with Crippen LogP contribution in [0.1, 0.15) is 50.5 Å². The number of piperidine rings is 1. The van der Waals surface area contributed by atoms with Crippen molar-refractivity contribution < 1.29 is 9.18 Å². The summed E-state index contributed by atoms with van der Waals surface area (Å²) in [6, 6.07) is 5.20. The van der Waals surface area contributed by atoms with Crippen LogP contribution in [-0.2, 0) is 10.2 Å². The lowest BCUT2D eigenvalue weighted by molar-refractivity contribution is -0.119. The monoisotopic (exact) mass is 352 g/mol. The van der Waals surface area contributed by atoms with Gasteiger partial charge in [-0.05, 0) is 63.2 Å². The number of hydrogen-bond acceptors (Lipinski definition) is 2. The van der Waals surface area contributed by atoms with E-state index in [9.17, 15) is 9.18 Å². The lowest BCUT2D eigenvalue weighted by Gasteiger charge is -2.39. The number of fused-ring (bicyclic) bond motifs is 2. The van der Waals surface area contributed by atoms with E-state index in [-0.39, 0.29) is 29.5 Å². The van der Waals surface area contributed by atoms with Gasteiger partial charge in [-0.1, -0.05) is 12.5 Å². The third-order valence-corrected chi connectivity index (χ3v) is 6.11. The first kappa shape index (κ1) is 17.7. The predicted octanol–water partition coefficient (Wildman–Crippen LogP) is 3.80. The van der Waals surface area contributed by atoms with Gasteiger partial charge in [0.25, 0.3) is 0 Å². The molecule has 24 heavy (non-hydrogen) atoms. The molecule has 1 saturated heterocycles. The van der Waals surface area contributed by atoms with E-state index in [1.807, 2.05) is 11.0 Å². The number of carbonyl (C=O) groups is 1. The summed E-state index contributed by atoms with van der Waals surface area (Å²) in [5.74, 6) is 0.711. The van der Waals surface area contributed by atoms with Crippen LogP contribution in [0.4, 0.5) is 10.1 Å². The van der Waals surface area contributed by atoms with Crippen LogP contribution in [0.3, 0.4) is 0 Å². The van der Waals surface area contributed by atoms with Crippen molar-refractivity contribution in [2.24, 2.45) is 5.92 Å². The summed E-state index contributed by atoms with van der Waals surface area (Å²) in [7, 11) is 0. The Balaban J connectivity index is 0.00000169. The van der Waals surface area contributed by atoms with Crippen LogP contribution in [0.5, 0.6) is 0 Å². The van der Waals surface area contributed by atoms with Gasteiger partial charge in [0.2, 0.25) is 5.91 Å². The average Bonchev–Trinajstić information content (AvgIpc) is 2.91. The highest BCUT2D eigenvalue weighted by Crippen LogP contribution is 2.53. The first-order chi connectivity index (χ1) is 11.2. The number of nitrogens with one attached hydrogen (secondary N) is 1. The van der Waals surface area contributed by atoms with Gasteiger partial charge in [0.1, 0.15) is 5.82 Å². The lowest BCUT2D eigenvalue weighted by atomic mass is 9.65. The molecule has 1 aromatic rings. The molecule has 4 rings (SSSR count). The molecule has 0 unspecified atom stereocenters. The molecule has 2 heterocycles. The molecule has 1 amide bonds. The van der Waals surface area contributed by atoms with Gasteiger partial charge in [0.15, 0.2) is 0 Å². The number of benzene rings is 1. The Morgan fingerprint density at radius 1 is 1.29 bits per heavy atom. The first-order valence-electron chi connectivity index (χ1n) is 9.00. The molecule has 1 aliphatic carbocycles. The van der Waals surface area contributed by atoms with Crippen molar-refractivity contribution in [1.29, 1.82) is 0 Å². The van der Waals surface area contributed by atoms with Gasteiger partial charge in [0.05, 0.1) is 5.69 Å². The molecule has 0 bridgehead atoms. The normalized spacial score (nSPS) is 22.0. The molecule has 3 nitrogen and oxygen atoms in total. The largest absolute Gasteiger partial charge is 0.317 e. The minimum Gasteiger partial charge on any atom is -0.317 e. The molecule has 0 atom stereocenters. The quantitative estimate of drug-likeness (QED) is 0.897. The number of carbonyl (C=O) groups excluding carboxylic acids is 1. The smallest absolute Gasteiger partial charge is 0.227 e. The van der Waals surface area contributed by atoms with Crippen molar-refractivity contribution in [3.8, 4) is 0 Å². The summed E-state index contributed by atoms with van der Waals surface area (Å²) in [6.07, 6.45) is 7.07. The molecule has 2 fully saturated rings. The van der Waals surface area contributed by atoms with Crippen molar-refractivity contribution in [3.05, 3.63) is 29.6 Å². The minimum atomic E-state index is -0.129. The second-order valence-electron chi connectivity index (χ2n) is 7.48. The highest BCUT2D eigenvalue weighted by Gasteiger charge is 2.49. The number of halogens is 2. The Labute approximate surface area is 149 Å². The molecular formula is C19H26ClFN2O. The Kier molecular flexibility index (Phi) is 5.16. The molecule has 1 saturated carbocycles. The summed E-state index contributed by atoms with van der Waals surface area (Å²) >= 11 is 0. The SMILES string of the molecule is Cl.O=C(CCC1CCNCC1)N1CC2(CCC2)c2c(F)cccc21. The van der Waals surface area contributed by atoms with Gasteiger partial charge < -0.3 is 10.2 Å². The average molecular weight is 353 g/mol. The predicted molar refractivity (Wildman–Crippen MR) is 96.4 cm³/mol. The molecule has 5 heteroatoms. The Bertz CT molecular complexity index is 611. The van der Waals surface area contributed by atoms with Gasteiger partial charge in [-0.3, -0.25) is 4.79 Å². The summed E-state index contributed by atoms with van der Waals surface area (Å²) in [4.78, 5) is 14.7. The van der Waals surface area contributed by atoms with E-state index in [0.29, 0.717) is 18.9 Å². The topological polar surface area (TPSA) is 32.3 Å². The van der Waals surface area contributed by atoms with E-state index in [1.165, 1.54) is 12.8 Å². The molecule has 1 N–H and O–H groups in total. The second-order valence-corrected chi connectivity index (χ2v) is 7.48. The highest BCUT2D eigenvalue weighted by atomic mass is 35.5. The number of nitrogens with zero attached hydrogens (tertiary/aromatic N) is 1. The van der Waals surface area contributed by atoms with Crippen molar-refractivity contribution in [3.63, 3.8) is 0 Å². The van der Waals surface area contributed by atoms with Gasteiger partial charge in [-0.2, -0.15) is 0 Å². The molecule has 132 valence electrons. The van der Waals surface area contributed by atoms with E-state index >= 15 is 0 Å². The summed E-state index contributed by atoms with van der Waals surface area (Å²) in [5.41, 5.74) is 1.55. The molecule has 0 aromatic heterocycles. The number of anilines is 1. The van der Waals surface area contributed by atoms with Crippen LogP contribution >= 0.6 is 12.4 Å². The van der Waals surface area contributed by atoms with Crippen LogP contribution < -0.4 is 10.2 Å². The summed E-state index contributed by atoms with van der Waals surface area (Å²) in [6.45, 7) is 2.83. The first-order valence-corrected chi connectivity index (χ1v) is 9.00. The van der Waals surface area contributed by atoms with Crippen molar-refractivity contribution in [1.82, 2.24) is 5.32 Å². The second kappa shape index (κ2) is 7.01. The fourth-order valence-electron chi connectivity index (χ4n) is 4.60. The molecule has 0 radical (unpaired) electrons. The third-order valence-electron chi connectivity index (χ3n) is 6.11. The zero-order valence-corrected chi connectivity index (χ0v) is 14.8. The maximum Gasteiger partial charge on any atom is 0.227 e. The van der Waals surface area contributed by atoms with Crippen LogP contribution in [0, 0.1) is 11.7 Å². The summed E-state index contributed by atoms with van der Waals surface area (Å²) < 4.78 is 14.4. The van der Waals surface area contributed by atoms with Crippen LogP contribution in [0.15, 0.2) is 18.2 Å². The van der Waals surface area contributed by atoms with E-state index in [0.717, 1.165) is 50.0 Å². The Morgan fingerprint density at radius 3 is 2.71 bits per heavy atom. The van der Waals surface area contributed by atoms with Gasteiger partial charge in [-0.25, -0.2) is 4.39 Å². The van der Waals surface area contributed by atoms with E-state index in [2.05, 4.69) is 5.32 Å². The summed E-state index contributed by atoms with van der Waals surface area (Å²) in [5, 5.41) is 3.37. The molecule has 1 spiro atoms. The van der Waals surface area contributed by atoms with Crippen LogP contribution in [0.2, 0.25) is 0 Å². The maximum absolute atomic E-state index is 14.4. The fraction of sp³-hybridized carbons (Fsp3) is 0.632. The van der Waals surface area contributed by atoms with Crippen LogP contribution in [0.25, 0.3) is 0 Å². The maximum atomic E-state index is 14.4. The number of rotatable bonds is 3. The Morgan fingerprint density at radius 2 is 2.04 bits per heavy atom. The lowest BCUT2D eigenvalue weighted by Crippen LogP contribution is -2.41. The third kappa shape index (κ3) is 2.95. The van der Waals surface area contributed by atoms with E-state index < -0.39 is 0 Å². The highest BCUT2D eigenvalue weighted by molar-refractivity contribution is 5.96. The van der Waals surface area contributed by atoms with E-state index in [1.54, 1.807) is 12.1 Å². The van der Waals surface area contributed by atoms with Gasteiger partial charge >= 0.3 is 0 Å². The molecule has 1 aromatic carbocycles. The minimum absolute atomic E-state index is 0. The molecule has 2 aliphatic heterocycles. The van der Waals surface area contributed by atoms with Crippen molar-refractivity contribution in [2.45, 2.75) is 50.4 Å². The number of amides is 1. The number of hydrogen-bond donors (Lipinski definition) is 1. The van der Waals surface area contributed by atoms with Crippen molar-refractivity contribution in [2.75, 3.05) is 24.5 Å². The Hall–Kier alpha value is -1.13. The molecular weight excluding hydrogens is 327 g/mol. The molecule has 3 aliphatic rings. The standard InChI is InChI=1S/C19H25FN2O.ClH/c20-15-3-1-4-16-18(15)19(9-2-10-19)13-22(16)17(23)6-5-14-7-11-21-12-8-14;/h1,3-4,14,21H,2,5-13H2;1H. The van der Waals surface area contributed by atoms with E-state index in [4.69, 9.17) is 0 Å². The van der Waals surface area contributed by atoms with Gasteiger partial charge in [-0.15, -0.1) is 12.4 Å². The zero-order chi connectivity index (χ0) is 15.9. The van der Waals surface area contributed by atoms with Crippen molar-refractivity contribution >= 4 is 24.0 Å². The van der Waals surface area contributed by atoms with Crippen LogP contribution in [-0.4, -0.2) is 25.5 Å². The zero-order valence-electron chi connectivity index (χ0n) is 14.0. The fourth-order valence-corrected chi connectivity index (χ4v) is 4.60.